The standard InChI is InChI=1S/C18H26N2O3S2/c21-18(15-24-16-7-3-1-4-8-16)19-11-13-20(14-12-19)25(22,23)17-9-5-2-6-10-17/h2,5-6,9-10,16H,1,3-4,7-8,11-15H2. The zero-order chi connectivity index (χ0) is 17.7. The summed E-state index contributed by atoms with van der Waals surface area (Å²) in [5, 5.41) is 0.623. The number of hydrogen-bond donors (Lipinski definition) is 0. The number of carbonyl (C=O) groups excluding carboxylic acids is 1. The Labute approximate surface area is 154 Å². The monoisotopic (exact) mass is 382 g/mol. The first-order valence-corrected chi connectivity index (χ1v) is 11.5. The molecule has 25 heavy (non-hydrogen) atoms. The smallest absolute Gasteiger partial charge is 0.243 e. The van der Waals surface area contributed by atoms with Gasteiger partial charge < -0.3 is 4.90 Å². The molecule has 0 aromatic heterocycles. The van der Waals surface area contributed by atoms with Crippen LogP contribution in [0.4, 0.5) is 0 Å². The first-order chi connectivity index (χ1) is 12.1. The van der Waals surface area contributed by atoms with Crippen LogP contribution in [0.25, 0.3) is 0 Å². The average Bonchev–Trinajstić information content (AvgIpc) is 2.68. The summed E-state index contributed by atoms with van der Waals surface area (Å²) in [6, 6.07) is 8.51. The molecular weight excluding hydrogens is 356 g/mol. The van der Waals surface area contributed by atoms with E-state index in [0.29, 0.717) is 42.1 Å². The van der Waals surface area contributed by atoms with Crippen LogP contribution >= 0.6 is 11.8 Å². The molecule has 138 valence electrons. The van der Waals surface area contributed by atoms with Gasteiger partial charge in [-0.15, -0.1) is 11.8 Å². The minimum absolute atomic E-state index is 0.146. The number of amides is 1. The lowest BCUT2D eigenvalue weighted by Gasteiger charge is -2.34. The van der Waals surface area contributed by atoms with Gasteiger partial charge in [-0.05, 0) is 25.0 Å². The lowest BCUT2D eigenvalue weighted by Crippen LogP contribution is -2.51. The number of benzene rings is 1. The summed E-state index contributed by atoms with van der Waals surface area (Å²) in [5.41, 5.74) is 0. The molecule has 1 aliphatic carbocycles. The predicted octanol–water partition coefficient (Wildman–Crippen LogP) is 2.59. The van der Waals surface area contributed by atoms with Gasteiger partial charge in [0, 0.05) is 31.4 Å². The lowest BCUT2D eigenvalue weighted by atomic mass is 10.0. The van der Waals surface area contributed by atoms with Crippen molar-refractivity contribution >= 4 is 27.7 Å². The molecule has 2 fully saturated rings. The topological polar surface area (TPSA) is 57.7 Å². The number of nitrogens with zero attached hydrogens (tertiary/aromatic N) is 2. The molecule has 3 rings (SSSR count). The van der Waals surface area contributed by atoms with Crippen LogP contribution in [0.2, 0.25) is 0 Å². The first-order valence-electron chi connectivity index (χ1n) is 9.02. The predicted molar refractivity (Wildman–Crippen MR) is 101 cm³/mol. The van der Waals surface area contributed by atoms with Crippen molar-refractivity contribution in [2.24, 2.45) is 0 Å². The largest absolute Gasteiger partial charge is 0.339 e. The van der Waals surface area contributed by atoms with Gasteiger partial charge in [0.25, 0.3) is 0 Å². The number of sulfonamides is 1. The van der Waals surface area contributed by atoms with Crippen LogP contribution in [0.5, 0.6) is 0 Å². The second-order valence-corrected chi connectivity index (χ2v) is 9.90. The Kier molecular flexibility index (Phi) is 6.41. The maximum atomic E-state index is 12.6. The second kappa shape index (κ2) is 8.56. The SMILES string of the molecule is O=C(CSC1CCCCC1)N1CCN(S(=O)(=O)c2ccccc2)CC1. The Balaban J connectivity index is 1.49. The van der Waals surface area contributed by atoms with E-state index < -0.39 is 10.0 Å². The van der Waals surface area contributed by atoms with Gasteiger partial charge in [-0.2, -0.15) is 4.31 Å². The molecule has 0 atom stereocenters. The Morgan fingerprint density at radius 2 is 1.64 bits per heavy atom. The van der Waals surface area contributed by atoms with E-state index in [1.54, 1.807) is 42.1 Å². The van der Waals surface area contributed by atoms with E-state index in [0.717, 1.165) is 0 Å². The summed E-state index contributed by atoms with van der Waals surface area (Å²) in [7, 11) is -3.45. The van der Waals surface area contributed by atoms with Crippen molar-refractivity contribution in [3.63, 3.8) is 0 Å². The van der Waals surface area contributed by atoms with Gasteiger partial charge in [0.15, 0.2) is 0 Å². The molecule has 5 nitrogen and oxygen atoms in total. The van der Waals surface area contributed by atoms with Crippen molar-refractivity contribution in [2.75, 3.05) is 31.9 Å². The molecule has 0 radical (unpaired) electrons. The fraction of sp³-hybridized carbons (Fsp3) is 0.611. The molecule has 0 spiro atoms. The molecule has 0 N–H and O–H groups in total. The normalized spacial score (nSPS) is 20.6. The summed E-state index contributed by atoms with van der Waals surface area (Å²) in [5.74, 6) is 0.670. The summed E-state index contributed by atoms with van der Waals surface area (Å²) in [4.78, 5) is 14.5. The first kappa shape index (κ1) is 18.7. The van der Waals surface area contributed by atoms with E-state index in [4.69, 9.17) is 0 Å². The minimum atomic E-state index is -3.45. The third kappa shape index (κ3) is 4.77. The van der Waals surface area contributed by atoms with Crippen molar-refractivity contribution in [3.05, 3.63) is 30.3 Å². The Hall–Kier alpha value is -1.05. The summed E-state index contributed by atoms with van der Waals surface area (Å²) in [6.45, 7) is 1.71. The van der Waals surface area contributed by atoms with Crippen LogP contribution in [-0.2, 0) is 14.8 Å². The van der Waals surface area contributed by atoms with Gasteiger partial charge in [-0.3, -0.25) is 4.79 Å². The highest BCUT2D eigenvalue weighted by atomic mass is 32.2. The Bertz CT molecular complexity index is 665. The van der Waals surface area contributed by atoms with E-state index in [9.17, 15) is 13.2 Å². The fourth-order valence-corrected chi connectivity index (χ4v) is 6.10. The summed E-state index contributed by atoms with van der Waals surface area (Å²) in [6.07, 6.45) is 6.33. The van der Waals surface area contributed by atoms with Crippen molar-refractivity contribution in [2.45, 2.75) is 42.2 Å². The molecule has 0 unspecified atom stereocenters. The van der Waals surface area contributed by atoms with Crippen LogP contribution < -0.4 is 0 Å². The average molecular weight is 383 g/mol. The maximum Gasteiger partial charge on any atom is 0.243 e. The van der Waals surface area contributed by atoms with Crippen molar-refractivity contribution in [3.8, 4) is 0 Å². The number of thioether (sulfide) groups is 1. The Morgan fingerprint density at radius 1 is 1.00 bits per heavy atom. The van der Waals surface area contributed by atoms with Gasteiger partial charge in [-0.1, -0.05) is 37.5 Å². The fourth-order valence-electron chi connectivity index (χ4n) is 3.43. The molecule has 7 heteroatoms. The highest BCUT2D eigenvalue weighted by Gasteiger charge is 2.30. The van der Waals surface area contributed by atoms with Crippen LogP contribution in [-0.4, -0.2) is 60.7 Å². The minimum Gasteiger partial charge on any atom is -0.339 e. The van der Waals surface area contributed by atoms with Gasteiger partial charge in [0.2, 0.25) is 15.9 Å². The highest BCUT2D eigenvalue weighted by molar-refractivity contribution is 8.00. The molecular formula is C18H26N2O3S2. The molecule has 1 aromatic carbocycles. The van der Waals surface area contributed by atoms with Crippen LogP contribution in [0.3, 0.4) is 0 Å². The number of rotatable bonds is 5. The zero-order valence-corrected chi connectivity index (χ0v) is 16.1. The van der Waals surface area contributed by atoms with Crippen LogP contribution in [0, 0.1) is 0 Å². The third-order valence-corrected chi connectivity index (χ3v) is 8.24. The van der Waals surface area contributed by atoms with E-state index in [1.807, 2.05) is 4.90 Å². The molecule has 1 aromatic rings. The molecule has 2 aliphatic rings. The van der Waals surface area contributed by atoms with E-state index >= 15 is 0 Å². The lowest BCUT2D eigenvalue weighted by molar-refractivity contribution is -0.129. The molecule has 1 saturated heterocycles. The number of carbonyl (C=O) groups is 1. The third-order valence-electron chi connectivity index (χ3n) is 4.97. The highest BCUT2D eigenvalue weighted by Crippen LogP contribution is 2.28. The molecule has 1 aliphatic heterocycles. The van der Waals surface area contributed by atoms with Gasteiger partial charge in [0.05, 0.1) is 10.6 Å². The van der Waals surface area contributed by atoms with Gasteiger partial charge >= 0.3 is 0 Å². The van der Waals surface area contributed by atoms with Crippen LogP contribution in [0.1, 0.15) is 32.1 Å². The quantitative estimate of drug-likeness (QED) is 0.785. The summed E-state index contributed by atoms with van der Waals surface area (Å²) >= 11 is 1.78. The summed E-state index contributed by atoms with van der Waals surface area (Å²) < 4.78 is 26.7. The van der Waals surface area contributed by atoms with E-state index in [1.165, 1.54) is 36.4 Å². The van der Waals surface area contributed by atoms with Crippen molar-refractivity contribution in [1.82, 2.24) is 9.21 Å². The second-order valence-electron chi connectivity index (χ2n) is 6.67. The molecule has 1 saturated carbocycles. The van der Waals surface area contributed by atoms with Crippen molar-refractivity contribution in [1.29, 1.82) is 0 Å². The van der Waals surface area contributed by atoms with E-state index in [-0.39, 0.29) is 5.91 Å². The van der Waals surface area contributed by atoms with E-state index in [2.05, 4.69) is 0 Å². The zero-order valence-electron chi connectivity index (χ0n) is 14.5. The molecule has 0 bridgehead atoms. The van der Waals surface area contributed by atoms with Gasteiger partial charge in [-0.25, -0.2) is 8.42 Å². The van der Waals surface area contributed by atoms with Gasteiger partial charge in [0.1, 0.15) is 0 Å². The maximum absolute atomic E-state index is 12.6. The Morgan fingerprint density at radius 3 is 2.28 bits per heavy atom. The van der Waals surface area contributed by atoms with Crippen LogP contribution in [0.15, 0.2) is 35.2 Å². The number of piperazine rings is 1. The van der Waals surface area contributed by atoms with Crippen molar-refractivity contribution < 1.29 is 13.2 Å². The molecule has 1 heterocycles. The number of hydrogen-bond acceptors (Lipinski definition) is 4. The molecule has 1 amide bonds.